The number of hydrogen-bond acceptors (Lipinski definition) is 2. The molecule has 3 rings (SSSR count). The molecule has 6 heteroatoms. The molecule has 0 saturated carbocycles. The maximum Gasteiger partial charge on any atom is 0.573 e. The second kappa shape index (κ2) is 6.78. The van der Waals surface area contributed by atoms with Crippen molar-refractivity contribution in [3.05, 3.63) is 59.7 Å². The summed E-state index contributed by atoms with van der Waals surface area (Å²) >= 11 is 0. The topological polar surface area (TPSA) is 29.5 Å². The van der Waals surface area contributed by atoms with E-state index in [4.69, 9.17) is 0 Å². The summed E-state index contributed by atoms with van der Waals surface area (Å²) < 4.78 is 40.5. The lowest BCUT2D eigenvalue weighted by atomic mass is 9.95. The van der Waals surface area contributed by atoms with Gasteiger partial charge in [-0.15, -0.1) is 13.2 Å². The number of aryl methyl sites for hydroxylation is 1. The number of nitrogens with zero attached hydrogens (tertiary/aromatic N) is 1. The highest BCUT2D eigenvalue weighted by atomic mass is 19.4. The van der Waals surface area contributed by atoms with E-state index in [1.54, 1.807) is 4.90 Å². The Labute approximate surface area is 144 Å². The van der Waals surface area contributed by atoms with Crippen molar-refractivity contribution < 1.29 is 22.7 Å². The minimum Gasteiger partial charge on any atom is -0.406 e. The van der Waals surface area contributed by atoms with Crippen LogP contribution < -0.4 is 9.64 Å². The predicted octanol–water partition coefficient (Wildman–Crippen LogP) is 4.67. The fourth-order valence-electron chi connectivity index (χ4n) is 3.10. The standard InChI is InChI=1S/C19H18F3NO2/c1-2-13-4-3-5-14(12-13)17-10-11-23(18(17)24)15-6-8-16(9-7-15)25-19(20,21)22/h3-9,12,17H,2,10-11H2,1H3. The molecule has 2 aromatic carbocycles. The van der Waals surface area contributed by atoms with E-state index >= 15 is 0 Å². The third-order valence-corrected chi connectivity index (χ3v) is 4.35. The van der Waals surface area contributed by atoms with Crippen LogP contribution in [0.1, 0.15) is 30.4 Å². The number of carbonyl (C=O) groups is 1. The van der Waals surface area contributed by atoms with Crippen LogP contribution in [0.5, 0.6) is 5.75 Å². The van der Waals surface area contributed by atoms with Gasteiger partial charge in [0.15, 0.2) is 0 Å². The van der Waals surface area contributed by atoms with Gasteiger partial charge in [0.05, 0.1) is 5.92 Å². The largest absolute Gasteiger partial charge is 0.573 e. The Morgan fingerprint density at radius 2 is 1.88 bits per heavy atom. The number of alkyl halides is 3. The molecule has 1 atom stereocenters. The smallest absolute Gasteiger partial charge is 0.406 e. The van der Waals surface area contributed by atoms with Crippen molar-refractivity contribution in [1.29, 1.82) is 0 Å². The summed E-state index contributed by atoms with van der Waals surface area (Å²) in [5.41, 5.74) is 2.75. The van der Waals surface area contributed by atoms with Gasteiger partial charge < -0.3 is 9.64 Å². The molecular weight excluding hydrogens is 331 g/mol. The van der Waals surface area contributed by atoms with E-state index in [1.165, 1.54) is 29.8 Å². The molecule has 1 aliphatic heterocycles. The highest BCUT2D eigenvalue weighted by Crippen LogP contribution is 2.33. The third-order valence-electron chi connectivity index (χ3n) is 4.35. The SMILES string of the molecule is CCc1cccc(C2CCN(c3ccc(OC(F)(F)F)cc3)C2=O)c1. The van der Waals surface area contributed by atoms with Crippen LogP contribution in [-0.2, 0) is 11.2 Å². The van der Waals surface area contributed by atoms with Crippen molar-refractivity contribution in [1.82, 2.24) is 0 Å². The van der Waals surface area contributed by atoms with Gasteiger partial charge in [0.25, 0.3) is 0 Å². The van der Waals surface area contributed by atoms with Crippen LogP contribution in [0, 0.1) is 0 Å². The van der Waals surface area contributed by atoms with E-state index in [0.29, 0.717) is 18.7 Å². The number of hydrogen-bond donors (Lipinski definition) is 0. The number of carbonyl (C=O) groups excluding carboxylic acids is 1. The lowest BCUT2D eigenvalue weighted by Crippen LogP contribution is -2.26. The monoisotopic (exact) mass is 349 g/mol. The maximum atomic E-state index is 12.7. The maximum absolute atomic E-state index is 12.7. The van der Waals surface area contributed by atoms with Gasteiger partial charge in [-0.2, -0.15) is 0 Å². The first-order valence-corrected chi connectivity index (χ1v) is 8.13. The summed E-state index contributed by atoms with van der Waals surface area (Å²) in [6, 6.07) is 13.4. The minimum absolute atomic E-state index is 0.0299. The quantitative estimate of drug-likeness (QED) is 0.803. The van der Waals surface area contributed by atoms with Crippen LogP contribution in [-0.4, -0.2) is 18.8 Å². The Kier molecular flexibility index (Phi) is 4.70. The molecule has 3 nitrogen and oxygen atoms in total. The van der Waals surface area contributed by atoms with Gasteiger partial charge >= 0.3 is 6.36 Å². The van der Waals surface area contributed by atoms with Crippen molar-refractivity contribution in [3.8, 4) is 5.75 Å². The molecule has 1 heterocycles. The Morgan fingerprint density at radius 3 is 2.52 bits per heavy atom. The molecule has 1 amide bonds. The van der Waals surface area contributed by atoms with Crippen LogP contribution in [0.2, 0.25) is 0 Å². The molecule has 25 heavy (non-hydrogen) atoms. The van der Waals surface area contributed by atoms with E-state index in [9.17, 15) is 18.0 Å². The lowest BCUT2D eigenvalue weighted by Gasteiger charge is -2.18. The molecule has 0 radical (unpaired) electrons. The van der Waals surface area contributed by atoms with E-state index in [2.05, 4.69) is 11.7 Å². The fourth-order valence-corrected chi connectivity index (χ4v) is 3.10. The Bertz CT molecular complexity index is 756. The van der Waals surface area contributed by atoms with Crippen LogP contribution in [0.4, 0.5) is 18.9 Å². The van der Waals surface area contributed by atoms with Gasteiger partial charge in [-0.3, -0.25) is 4.79 Å². The van der Waals surface area contributed by atoms with Crippen molar-refractivity contribution in [3.63, 3.8) is 0 Å². The van der Waals surface area contributed by atoms with Crippen molar-refractivity contribution in [2.75, 3.05) is 11.4 Å². The molecular formula is C19H18F3NO2. The van der Waals surface area contributed by atoms with E-state index in [0.717, 1.165) is 12.0 Å². The average molecular weight is 349 g/mol. The summed E-state index contributed by atoms with van der Waals surface area (Å²) in [4.78, 5) is 14.3. The first-order chi connectivity index (χ1) is 11.9. The molecule has 0 bridgehead atoms. The zero-order chi connectivity index (χ0) is 18.0. The predicted molar refractivity (Wildman–Crippen MR) is 88.7 cm³/mol. The number of amides is 1. The highest BCUT2D eigenvalue weighted by Gasteiger charge is 2.34. The Balaban J connectivity index is 1.75. The molecule has 0 spiro atoms. The number of rotatable bonds is 4. The van der Waals surface area contributed by atoms with E-state index < -0.39 is 6.36 Å². The molecule has 1 unspecified atom stereocenters. The van der Waals surface area contributed by atoms with E-state index in [1.807, 2.05) is 24.3 Å². The first-order valence-electron chi connectivity index (χ1n) is 8.13. The van der Waals surface area contributed by atoms with Gasteiger partial charge in [-0.05, 0) is 48.2 Å². The molecule has 0 N–H and O–H groups in total. The summed E-state index contributed by atoms with van der Waals surface area (Å²) in [6.07, 6.45) is -3.13. The summed E-state index contributed by atoms with van der Waals surface area (Å²) in [6.45, 7) is 2.60. The fraction of sp³-hybridized carbons (Fsp3) is 0.316. The normalized spacial score (nSPS) is 17.8. The first kappa shape index (κ1) is 17.3. The molecule has 1 saturated heterocycles. The number of anilines is 1. The molecule has 0 aliphatic carbocycles. The van der Waals surface area contributed by atoms with Crippen LogP contribution in [0.25, 0.3) is 0 Å². The van der Waals surface area contributed by atoms with Crippen LogP contribution in [0.15, 0.2) is 48.5 Å². The van der Waals surface area contributed by atoms with Crippen molar-refractivity contribution in [2.45, 2.75) is 32.0 Å². The molecule has 0 aromatic heterocycles. The van der Waals surface area contributed by atoms with Crippen molar-refractivity contribution >= 4 is 11.6 Å². The second-order valence-corrected chi connectivity index (χ2v) is 5.97. The number of halogens is 3. The molecule has 2 aromatic rings. The molecule has 1 fully saturated rings. The van der Waals surface area contributed by atoms with Gasteiger partial charge in [-0.25, -0.2) is 0 Å². The van der Waals surface area contributed by atoms with Crippen LogP contribution >= 0.6 is 0 Å². The number of ether oxygens (including phenoxy) is 1. The zero-order valence-corrected chi connectivity index (χ0v) is 13.7. The third kappa shape index (κ3) is 3.95. The van der Waals surface area contributed by atoms with Crippen LogP contribution in [0.3, 0.4) is 0 Å². The Hall–Kier alpha value is -2.50. The lowest BCUT2D eigenvalue weighted by molar-refractivity contribution is -0.274. The average Bonchev–Trinajstić information content (AvgIpc) is 2.96. The zero-order valence-electron chi connectivity index (χ0n) is 13.7. The minimum atomic E-state index is -4.72. The van der Waals surface area contributed by atoms with Gasteiger partial charge in [0, 0.05) is 12.2 Å². The summed E-state index contributed by atoms with van der Waals surface area (Å²) in [5.74, 6) is -0.537. The molecule has 132 valence electrons. The number of benzene rings is 2. The molecule has 1 aliphatic rings. The highest BCUT2D eigenvalue weighted by molar-refractivity contribution is 6.00. The summed E-state index contributed by atoms with van der Waals surface area (Å²) in [7, 11) is 0. The van der Waals surface area contributed by atoms with Gasteiger partial charge in [0.1, 0.15) is 5.75 Å². The Morgan fingerprint density at radius 1 is 1.16 bits per heavy atom. The van der Waals surface area contributed by atoms with Gasteiger partial charge in [0.2, 0.25) is 5.91 Å². The summed E-state index contributed by atoms with van der Waals surface area (Å²) in [5, 5.41) is 0. The van der Waals surface area contributed by atoms with Crippen molar-refractivity contribution in [2.24, 2.45) is 0 Å². The second-order valence-electron chi connectivity index (χ2n) is 5.97. The van der Waals surface area contributed by atoms with E-state index in [-0.39, 0.29) is 17.6 Å². The van der Waals surface area contributed by atoms with Gasteiger partial charge in [-0.1, -0.05) is 31.2 Å².